The number of halogens is 1. The van der Waals surface area contributed by atoms with E-state index >= 15 is 0 Å². The highest BCUT2D eigenvalue weighted by Gasteiger charge is 2.19. The van der Waals surface area contributed by atoms with Crippen molar-refractivity contribution in [3.05, 3.63) is 47.8 Å². The lowest BCUT2D eigenvalue weighted by molar-refractivity contribution is -0.115. The molecule has 0 aliphatic heterocycles. The fourth-order valence-corrected chi connectivity index (χ4v) is 2.90. The quantitative estimate of drug-likeness (QED) is 0.647. The van der Waals surface area contributed by atoms with Crippen molar-refractivity contribution in [2.24, 2.45) is 0 Å². The van der Waals surface area contributed by atoms with Crippen molar-refractivity contribution in [2.75, 3.05) is 5.32 Å². The molecule has 5 nitrogen and oxygen atoms in total. The molecule has 0 aliphatic carbocycles. The van der Waals surface area contributed by atoms with E-state index < -0.39 is 0 Å². The monoisotopic (exact) mass is 336 g/mol. The molecule has 0 bridgehead atoms. The van der Waals surface area contributed by atoms with Crippen molar-refractivity contribution < 1.29 is 4.79 Å². The summed E-state index contributed by atoms with van der Waals surface area (Å²) >= 11 is 7.27. The van der Waals surface area contributed by atoms with Gasteiger partial charge in [-0.25, -0.2) is 0 Å². The van der Waals surface area contributed by atoms with Gasteiger partial charge < -0.3 is 9.88 Å². The van der Waals surface area contributed by atoms with Crippen molar-refractivity contribution >= 4 is 35.0 Å². The van der Waals surface area contributed by atoms with Gasteiger partial charge >= 0.3 is 0 Å². The van der Waals surface area contributed by atoms with Gasteiger partial charge in [-0.1, -0.05) is 35.5 Å². The predicted octanol–water partition coefficient (Wildman–Crippen LogP) is 3.55. The van der Waals surface area contributed by atoms with Crippen LogP contribution in [0.15, 0.2) is 42.1 Å². The molecule has 0 saturated carbocycles. The molecule has 0 aliphatic rings. The Morgan fingerprint density at radius 1 is 1.55 bits per heavy atom. The maximum absolute atomic E-state index is 12.3. The summed E-state index contributed by atoms with van der Waals surface area (Å²) in [5.74, 6) is 0.683. The molecule has 1 unspecified atom stereocenters. The lowest BCUT2D eigenvalue weighted by atomic mass is 10.3. The molecule has 0 saturated heterocycles. The summed E-state index contributed by atoms with van der Waals surface area (Å²) in [6, 6.07) is 7.06. The topological polar surface area (TPSA) is 59.8 Å². The van der Waals surface area contributed by atoms with Crippen molar-refractivity contribution in [1.82, 2.24) is 14.8 Å². The number of rotatable bonds is 6. The van der Waals surface area contributed by atoms with Gasteiger partial charge in [0.1, 0.15) is 5.82 Å². The van der Waals surface area contributed by atoms with Crippen molar-refractivity contribution in [1.29, 1.82) is 0 Å². The number of carbonyl (C=O) groups excluding carboxylic acids is 1. The van der Waals surface area contributed by atoms with Crippen LogP contribution >= 0.6 is 23.4 Å². The highest BCUT2D eigenvalue weighted by Crippen LogP contribution is 2.24. The van der Waals surface area contributed by atoms with E-state index in [4.69, 9.17) is 11.6 Å². The second-order valence-corrected chi connectivity index (χ2v) is 6.43. The van der Waals surface area contributed by atoms with Crippen LogP contribution in [-0.4, -0.2) is 25.9 Å². The van der Waals surface area contributed by atoms with Crippen LogP contribution in [-0.2, 0) is 11.3 Å². The molecule has 0 radical (unpaired) electrons. The second kappa shape index (κ2) is 7.47. The summed E-state index contributed by atoms with van der Waals surface area (Å²) in [6.07, 6.45) is 1.77. The zero-order valence-electron chi connectivity index (χ0n) is 12.4. The van der Waals surface area contributed by atoms with Crippen LogP contribution in [0.3, 0.4) is 0 Å². The zero-order valence-corrected chi connectivity index (χ0v) is 14.0. The third kappa shape index (κ3) is 4.11. The first-order chi connectivity index (χ1) is 10.5. The molecule has 1 aromatic carbocycles. The lowest BCUT2D eigenvalue weighted by Crippen LogP contribution is -2.23. The highest BCUT2D eigenvalue weighted by molar-refractivity contribution is 8.00. The van der Waals surface area contributed by atoms with Gasteiger partial charge in [0.05, 0.1) is 5.25 Å². The van der Waals surface area contributed by atoms with Gasteiger partial charge in [0, 0.05) is 17.3 Å². The zero-order chi connectivity index (χ0) is 16.1. The highest BCUT2D eigenvalue weighted by atomic mass is 35.5. The maximum atomic E-state index is 12.3. The van der Waals surface area contributed by atoms with E-state index in [0.29, 0.717) is 22.4 Å². The number of amides is 1. The number of hydrogen-bond donors (Lipinski definition) is 1. The molecule has 1 heterocycles. The molecular formula is C15H17ClN4OS. The third-order valence-corrected chi connectivity index (χ3v) is 4.27. The average molecular weight is 337 g/mol. The Labute approximate surface area is 138 Å². The number of anilines is 1. The van der Waals surface area contributed by atoms with Crippen molar-refractivity contribution in [2.45, 2.75) is 30.8 Å². The van der Waals surface area contributed by atoms with Crippen LogP contribution in [0.1, 0.15) is 12.7 Å². The normalized spacial score (nSPS) is 12.0. The molecule has 2 rings (SSSR count). The summed E-state index contributed by atoms with van der Waals surface area (Å²) in [5, 5.41) is 12.0. The molecule has 1 amide bonds. The second-order valence-electron chi connectivity index (χ2n) is 4.69. The van der Waals surface area contributed by atoms with Gasteiger partial charge in [0.15, 0.2) is 5.16 Å². The van der Waals surface area contributed by atoms with Crippen LogP contribution in [0.4, 0.5) is 5.69 Å². The minimum Gasteiger partial charge on any atom is -0.325 e. The Morgan fingerprint density at radius 3 is 3.00 bits per heavy atom. The maximum Gasteiger partial charge on any atom is 0.237 e. The summed E-state index contributed by atoms with van der Waals surface area (Å²) in [4.78, 5) is 12.3. The molecular weight excluding hydrogens is 320 g/mol. The van der Waals surface area contributed by atoms with Crippen molar-refractivity contribution in [3.8, 4) is 0 Å². The average Bonchev–Trinajstić information content (AvgIpc) is 2.80. The Kier molecular flexibility index (Phi) is 5.63. The molecule has 1 N–H and O–H groups in total. The smallest absolute Gasteiger partial charge is 0.237 e. The Bertz CT molecular complexity index is 686. The Hall–Kier alpha value is -1.79. The number of aromatic nitrogens is 3. The number of carbonyl (C=O) groups is 1. The number of hydrogen-bond acceptors (Lipinski definition) is 4. The summed E-state index contributed by atoms with van der Waals surface area (Å²) in [6.45, 7) is 8.03. The van der Waals surface area contributed by atoms with Gasteiger partial charge in [-0.2, -0.15) is 0 Å². The number of nitrogens with one attached hydrogen (secondary N) is 1. The van der Waals surface area contributed by atoms with E-state index in [-0.39, 0.29) is 11.2 Å². The van der Waals surface area contributed by atoms with Gasteiger partial charge in [0.2, 0.25) is 5.91 Å². The van der Waals surface area contributed by atoms with E-state index in [2.05, 4.69) is 22.1 Å². The van der Waals surface area contributed by atoms with E-state index in [1.165, 1.54) is 11.8 Å². The standard InChI is InChI=1S/C15H17ClN4OS/c1-4-8-20-11(3)18-19-15(20)22-10(2)14(21)17-13-7-5-6-12(16)9-13/h4-7,9-10H,1,8H2,2-3H3,(H,17,21). The number of benzene rings is 1. The van der Waals surface area contributed by atoms with Crippen LogP contribution in [0.2, 0.25) is 5.02 Å². The summed E-state index contributed by atoms with van der Waals surface area (Å²) < 4.78 is 1.92. The molecule has 0 fully saturated rings. The van der Waals surface area contributed by atoms with Crippen LogP contribution < -0.4 is 5.32 Å². The third-order valence-electron chi connectivity index (χ3n) is 2.96. The largest absolute Gasteiger partial charge is 0.325 e. The van der Waals surface area contributed by atoms with Crippen molar-refractivity contribution in [3.63, 3.8) is 0 Å². The van der Waals surface area contributed by atoms with Crippen LogP contribution in [0, 0.1) is 6.92 Å². The van der Waals surface area contributed by atoms with E-state index in [0.717, 1.165) is 5.82 Å². The first kappa shape index (κ1) is 16.6. The molecule has 7 heteroatoms. The van der Waals surface area contributed by atoms with Gasteiger partial charge in [-0.05, 0) is 32.0 Å². The molecule has 2 aromatic rings. The minimum atomic E-state index is -0.314. The fraction of sp³-hybridized carbons (Fsp3) is 0.267. The molecule has 1 aromatic heterocycles. The first-order valence-electron chi connectivity index (χ1n) is 6.75. The predicted molar refractivity (Wildman–Crippen MR) is 90.4 cm³/mol. The van der Waals surface area contributed by atoms with Gasteiger partial charge in [0.25, 0.3) is 0 Å². The molecule has 22 heavy (non-hydrogen) atoms. The van der Waals surface area contributed by atoms with E-state index in [1.54, 1.807) is 30.3 Å². The number of thioether (sulfide) groups is 1. The van der Waals surface area contributed by atoms with E-state index in [1.807, 2.05) is 18.4 Å². The van der Waals surface area contributed by atoms with Crippen LogP contribution in [0.25, 0.3) is 0 Å². The Balaban J connectivity index is 2.04. The van der Waals surface area contributed by atoms with E-state index in [9.17, 15) is 4.79 Å². The van der Waals surface area contributed by atoms with Gasteiger partial charge in [-0.15, -0.1) is 16.8 Å². The summed E-state index contributed by atoms with van der Waals surface area (Å²) in [7, 11) is 0. The molecule has 116 valence electrons. The molecule has 1 atom stereocenters. The minimum absolute atomic E-state index is 0.113. The SMILES string of the molecule is C=CCn1c(C)nnc1SC(C)C(=O)Nc1cccc(Cl)c1. The first-order valence-corrected chi connectivity index (χ1v) is 8.01. The van der Waals surface area contributed by atoms with Gasteiger partial charge in [-0.3, -0.25) is 4.79 Å². The van der Waals surface area contributed by atoms with Crippen LogP contribution in [0.5, 0.6) is 0 Å². The molecule has 0 spiro atoms. The summed E-state index contributed by atoms with van der Waals surface area (Å²) in [5.41, 5.74) is 0.675. The fourth-order valence-electron chi connectivity index (χ4n) is 1.81. The lowest BCUT2D eigenvalue weighted by Gasteiger charge is -2.12. The Morgan fingerprint density at radius 2 is 2.32 bits per heavy atom. The number of allylic oxidation sites excluding steroid dienone is 1. The number of nitrogens with zero attached hydrogens (tertiary/aromatic N) is 3. The number of aryl methyl sites for hydroxylation is 1.